The molecule has 1 aromatic heterocycles. The van der Waals surface area contributed by atoms with Gasteiger partial charge in [0, 0.05) is 17.9 Å². The smallest absolute Gasteiger partial charge is 0.320 e. The monoisotopic (exact) mass is 479 g/mol. The fourth-order valence-electron chi connectivity index (χ4n) is 3.45. The molecule has 1 aliphatic rings. The molecule has 0 unspecified atom stereocenters. The molecule has 0 radical (unpaired) electrons. The summed E-state index contributed by atoms with van der Waals surface area (Å²) >= 11 is 0.997. The summed E-state index contributed by atoms with van der Waals surface area (Å²) in [5, 5.41) is 13.4. The topological polar surface area (TPSA) is 87.2 Å². The first-order valence-electron chi connectivity index (χ1n) is 9.86. The van der Waals surface area contributed by atoms with Gasteiger partial charge in [-0.2, -0.15) is 13.2 Å². The van der Waals surface area contributed by atoms with E-state index in [1.165, 1.54) is 35.2 Å². The predicted molar refractivity (Wildman–Crippen MR) is 113 cm³/mol. The molecule has 7 nitrogen and oxygen atoms in total. The summed E-state index contributed by atoms with van der Waals surface area (Å²) in [7, 11) is 0. The number of anilines is 2. The van der Waals surface area contributed by atoms with Gasteiger partial charge in [0.1, 0.15) is 10.8 Å². The zero-order valence-corrected chi connectivity index (χ0v) is 17.7. The number of benzene rings is 2. The minimum atomic E-state index is -4.52. The number of hydrogen-bond donors (Lipinski definition) is 2. The molecule has 0 aliphatic carbocycles. The summed E-state index contributed by atoms with van der Waals surface area (Å²) in [6.07, 6.45) is -3.30. The molecule has 1 atom stereocenters. The van der Waals surface area contributed by atoms with E-state index in [1.807, 2.05) is 0 Å². The molecule has 2 heterocycles. The van der Waals surface area contributed by atoms with E-state index in [-0.39, 0.29) is 16.4 Å². The van der Waals surface area contributed by atoms with Gasteiger partial charge in [0.05, 0.1) is 11.6 Å². The second kappa shape index (κ2) is 9.14. The quantitative estimate of drug-likeness (QED) is 0.496. The van der Waals surface area contributed by atoms with E-state index in [0.717, 1.165) is 29.5 Å². The molecule has 12 heteroatoms. The number of amides is 3. The molecule has 0 spiro atoms. The van der Waals surface area contributed by atoms with Crippen LogP contribution in [0.3, 0.4) is 0 Å². The Kier molecular flexibility index (Phi) is 6.27. The number of urea groups is 1. The maximum atomic E-state index is 13.3. The molecular weight excluding hydrogens is 462 g/mol. The molecule has 2 aromatic carbocycles. The van der Waals surface area contributed by atoms with Crippen molar-refractivity contribution in [3.05, 3.63) is 69.9 Å². The number of rotatable bonds is 4. The molecule has 4 rings (SSSR count). The zero-order chi connectivity index (χ0) is 23.6. The number of carbonyl (C=O) groups is 2. The van der Waals surface area contributed by atoms with Crippen LogP contribution in [0.5, 0.6) is 0 Å². The SMILES string of the molecule is O=C(Nc1cccc(F)c1)c1nnc([C@@H]2CCCN2C(=O)Nc2cccc(C(F)(F)F)c2)s1. The maximum Gasteiger partial charge on any atom is 0.416 e. The molecule has 3 aromatic rings. The lowest BCUT2D eigenvalue weighted by Crippen LogP contribution is -2.34. The first-order chi connectivity index (χ1) is 15.7. The van der Waals surface area contributed by atoms with E-state index in [4.69, 9.17) is 0 Å². The lowest BCUT2D eigenvalue weighted by atomic mass is 10.2. The fourth-order valence-corrected chi connectivity index (χ4v) is 4.33. The molecule has 1 aliphatic heterocycles. The highest BCUT2D eigenvalue weighted by molar-refractivity contribution is 7.13. The Morgan fingerprint density at radius 3 is 2.48 bits per heavy atom. The van der Waals surface area contributed by atoms with Crippen molar-refractivity contribution < 1.29 is 27.2 Å². The van der Waals surface area contributed by atoms with Crippen LogP contribution in [0.4, 0.5) is 33.7 Å². The normalized spacial score (nSPS) is 16.0. The Bertz CT molecular complexity index is 1180. The lowest BCUT2D eigenvalue weighted by Gasteiger charge is -2.23. The van der Waals surface area contributed by atoms with Gasteiger partial charge in [-0.05, 0) is 49.2 Å². The molecule has 0 saturated carbocycles. The predicted octanol–water partition coefficient (Wildman–Crippen LogP) is 5.32. The highest BCUT2D eigenvalue weighted by Crippen LogP contribution is 2.35. The van der Waals surface area contributed by atoms with E-state index in [0.29, 0.717) is 24.4 Å². The zero-order valence-electron chi connectivity index (χ0n) is 16.9. The van der Waals surface area contributed by atoms with Gasteiger partial charge in [-0.1, -0.05) is 23.5 Å². The summed E-state index contributed by atoms with van der Waals surface area (Å²) in [6, 6.07) is 8.73. The van der Waals surface area contributed by atoms with E-state index in [1.54, 1.807) is 0 Å². The average molecular weight is 479 g/mol. The van der Waals surface area contributed by atoms with Gasteiger partial charge in [-0.15, -0.1) is 10.2 Å². The Balaban J connectivity index is 1.45. The third-order valence-electron chi connectivity index (χ3n) is 4.96. The van der Waals surface area contributed by atoms with Crippen molar-refractivity contribution in [3.63, 3.8) is 0 Å². The fraction of sp³-hybridized carbons (Fsp3) is 0.238. The molecule has 1 saturated heterocycles. The van der Waals surface area contributed by atoms with Gasteiger partial charge in [-0.3, -0.25) is 4.79 Å². The number of likely N-dealkylation sites (tertiary alicyclic amines) is 1. The number of alkyl halides is 3. The standard InChI is InChI=1S/C21H17F4N5O2S/c22-13-5-2-7-15(11-13)26-17(31)19-29-28-18(33-19)16-8-3-9-30(16)20(32)27-14-6-1-4-12(10-14)21(23,24)25/h1-2,4-7,10-11,16H,3,8-9H2,(H,26,31)(H,27,32)/t16-/m0/s1. The van der Waals surface area contributed by atoms with Crippen molar-refractivity contribution in [3.8, 4) is 0 Å². The number of hydrogen-bond acceptors (Lipinski definition) is 5. The van der Waals surface area contributed by atoms with Gasteiger partial charge in [0.15, 0.2) is 0 Å². The summed E-state index contributed by atoms with van der Waals surface area (Å²) < 4.78 is 52.1. The Hall–Kier alpha value is -3.54. The van der Waals surface area contributed by atoms with Crippen molar-refractivity contribution >= 4 is 34.6 Å². The molecule has 1 fully saturated rings. The van der Waals surface area contributed by atoms with Crippen LogP contribution in [0.25, 0.3) is 0 Å². The minimum Gasteiger partial charge on any atom is -0.320 e. The highest BCUT2D eigenvalue weighted by atomic mass is 32.1. The second-order valence-corrected chi connectivity index (χ2v) is 8.28. The molecule has 3 amide bonds. The molecule has 33 heavy (non-hydrogen) atoms. The molecule has 172 valence electrons. The third-order valence-corrected chi connectivity index (χ3v) is 5.98. The molecular formula is C21H17F4N5O2S. The maximum absolute atomic E-state index is 13.3. The summed E-state index contributed by atoms with van der Waals surface area (Å²) in [4.78, 5) is 26.6. The minimum absolute atomic E-state index is 0.0212. The van der Waals surface area contributed by atoms with Crippen LogP contribution in [-0.2, 0) is 6.18 Å². The Morgan fingerprint density at radius 2 is 1.76 bits per heavy atom. The number of halogens is 4. The summed E-state index contributed by atoms with van der Waals surface area (Å²) in [5.74, 6) is -1.07. The summed E-state index contributed by atoms with van der Waals surface area (Å²) in [6.45, 7) is 0.375. The largest absolute Gasteiger partial charge is 0.416 e. The van der Waals surface area contributed by atoms with Gasteiger partial charge < -0.3 is 15.5 Å². The number of carbonyl (C=O) groups excluding carboxylic acids is 2. The Morgan fingerprint density at radius 1 is 1.03 bits per heavy atom. The van der Waals surface area contributed by atoms with Gasteiger partial charge in [0.2, 0.25) is 5.01 Å². The highest BCUT2D eigenvalue weighted by Gasteiger charge is 2.34. The first-order valence-corrected chi connectivity index (χ1v) is 10.7. The van der Waals surface area contributed by atoms with Gasteiger partial charge >= 0.3 is 12.2 Å². The number of nitrogens with zero attached hydrogens (tertiary/aromatic N) is 3. The average Bonchev–Trinajstić information content (AvgIpc) is 3.43. The van der Waals surface area contributed by atoms with Gasteiger partial charge in [-0.25, -0.2) is 9.18 Å². The number of nitrogens with one attached hydrogen (secondary N) is 2. The van der Waals surface area contributed by atoms with E-state index >= 15 is 0 Å². The van der Waals surface area contributed by atoms with Crippen molar-refractivity contribution in [2.45, 2.75) is 25.1 Å². The lowest BCUT2D eigenvalue weighted by molar-refractivity contribution is -0.137. The van der Waals surface area contributed by atoms with Crippen molar-refractivity contribution in [2.24, 2.45) is 0 Å². The number of aromatic nitrogens is 2. The van der Waals surface area contributed by atoms with Crippen LogP contribution < -0.4 is 10.6 Å². The molecule has 0 bridgehead atoms. The Labute approximate surface area is 189 Å². The van der Waals surface area contributed by atoms with Crippen molar-refractivity contribution in [1.82, 2.24) is 15.1 Å². The molecule has 2 N–H and O–H groups in total. The second-order valence-electron chi connectivity index (χ2n) is 7.27. The van der Waals surface area contributed by atoms with Crippen LogP contribution in [0.2, 0.25) is 0 Å². The van der Waals surface area contributed by atoms with Crippen LogP contribution in [0.1, 0.15) is 39.3 Å². The van der Waals surface area contributed by atoms with E-state index in [9.17, 15) is 27.2 Å². The van der Waals surface area contributed by atoms with Gasteiger partial charge in [0.25, 0.3) is 5.91 Å². The van der Waals surface area contributed by atoms with Crippen LogP contribution in [0.15, 0.2) is 48.5 Å². The van der Waals surface area contributed by atoms with Crippen LogP contribution in [0, 0.1) is 5.82 Å². The van der Waals surface area contributed by atoms with Crippen LogP contribution >= 0.6 is 11.3 Å². The van der Waals surface area contributed by atoms with Crippen LogP contribution in [-0.4, -0.2) is 33.6 Å². The van der Waals surface area contributed by atoms with Crippen molar-refractivity contribution in [1.29, 1.82) is 0 Å². The third kappa shape index (κ3) is 5.28. The van der Waals surface area contributed by atoms with E-state index in [2.05, 4.69) is 20.8 Å². The van der Waals surface area contributed by atoms with E-state index < -0.39 is 35.5 Å². The summed E-state index contributed by atoms with van der Waals surface area (Å²) in [5.41, 5.74) is -0.580. The van der Waals surface area contributed by atoms with Crippen molar-refractivity contribution in [2.75, 3.05) is 17.2 Å². The first kappa shape index (κ1) is 22.6.